The SMILES string of the molecule is Cc1ccc(CNCCCCCNCc2ccc(C(=N)N)cc2)cc1. The quantitative estimate of drug-likeness (QED) is 0.288. The van der Waals surface area contributed by atoms with Gasteiger partial charge in [-0.15, -0.1) is 0 Å². The van der Waals surface area contributed by atoms with Crippen LogP contribution in [0.3, 0.4) is 0 Å². The van der Waals surface area contributed by atoms with Crippen LogP contribution in [0.2, 0.25) is 0 Å². The van der Waals surface area contributed by atoms with Crippen molar-refractivity contribution in [3.05, 3.63) is 70.8 Å². The minimum atomic E-state index is 0.121. The van der Waals surface area contributed by atoms with Crippen LogP contribution in [-0.4, -0.2) is 18.9 Å². The van der Waals surface area contributed by atoms with Crippen LogP contribution in [0.4, 0.5) is 0 Å². The van der Waals surface area contributed by atoms with E-state index in [0.717, 1.165) is 31.7 Å². The lowest BCUT2D eigenvalue weighted by atomic mass is 10.1. The minimum absolute atomic E-state index is 0.121. The first-order valence-corrected chi connectivity index (χ1v) is 9.05. The molecule has 0 aliphatic heterocycles. The fourth-order valence-electron chi connectivity index (χ4n) is 2.65. The number of hydrogen-bond acceptors (Lipinski definition) is 3. The number of rotatable bonds is 11. The van der Waals surface area contributed by atoms with Crippen molar-refractivity contribution in [2.45, 2.75) is 39.3 Å². The number of benzene rings is 2. The Labute approximate surface area is 151 Å². The lowest BCUT2D eigenvalue weighted by Gasteiger charge is -2.07. The van der Waals surface area contributed by atoms with Crippen LogP contribution in [0.5, 0.6) is 0 Å². The number of amidine groups is 1. The van der Waals surface area contributed by atoms with Gasteiger partial charge in [-0.2, -0.15) is 0 Å². The molecule has 5 N–H and O–H groups in total. The highest BCUT2D eigenvalue weighted by atomic mass is 14.9. The number of aryl methyl sites for hydroxylation is 1. The lowest BCUT2D eigenvalue weighted by molar-refractivity contribution is 0.572. The summed E-state index contributed by atoms with van der Waals surface area (Å²) in [5, 5.41) is 14.4. The van der Waals surface area contributed by atoms with Gasteiger partial charge in [0.2, 0.25) is 0 Å². The van der Waals surface area contributed by atoms with Gasteiger partial charge in [0, 0.05) is 18.7 Å². The first-order valence-electron chi connectivity index (χ1n) is 9.05. The molecule has 2 aromatic rings. The molecule has 0 saturated heterocycles. The molecule has 2 rings (SSSR count). The second-order valence-electron chi connectivity index (χ2n) is 6.51. The van der Waals surface area contributed by atoms with E-state index in [2.05, 4.69) is 41.8 Å². The zero-order valence-corrected chi connectivity index (χ0v) is 15.1. The zero-order chi connectivity index (χ0) is 17.9. The largest absolute Gasteiger partial charge is 0.384 e. The molecule has 4 nitrogen and oxygen atoms in total. The molecule has 0 atom stereocenters. The number of unbranched alkanes of at least 4 members (excludes halogenated alkanes) is 2. The molecule has 0 radical (unpaired) electrons. The van der Waals surface area contributed by atoms with Crippen molar-refractivity contribution < 1.29 is 0 Å². The minimum Gasteiger partial charge on any atom is -0.384 e. The van der Waals surface area contributed by atoms with E-state index in [4.69, 9.17) is 11.1 Å². The van der Waals surface area contributed by atoms with E-state index in [1.54, 1.807) is 0 Å². The maximum Gasteiger partial charge on any atom is 0.122 e. The van der Waals surface area contributed by atoms with Gasteiger partial charge in [-0.1, -0.05) is 60.5 Å². The topological polar surface area (TPSA) is 73.9 Å². The van der Waals surface area contributed by atoms with Crippen molar-refractivity contribution >= 4 is 5.84 Å². The summed E-state index contributed by atoms with van der Waals surface area (Å²) in [4.78, 5) is 0. The molecule has 0 heterocycles. The fraction of sp³-hybridized carbons (Fsp3) is 0.381. The molecule has 0 aromatic heterocycles. The molecule has 0 aliphatic rings. The monoisotopic (exact) mass is 338 g/mol. The molecule has 0 aliphatic carbocycles. The second-order valence-corrected chi connectivity index (χ2v) is 6.51. The van der Waals surface area contributed by atoms with Crippen molar-refractivity contribution in [1.82, 2.24) is 10.6 Å². The van der Waals surface area contributed by atoms with Crippen LogP contribution >= 0.6 is 0 Å². The highest BCUT2D eigenvalue weighted by Gasteiger charge is 1.97. The number of nitrogen functional groups attached to an aromatic ring is 1. The summed E-state index contributed by atoms with van der Waals surface area (Å²) in [6.45, 7) is 6.04. The van der Waals surface area contributed by atoms with Crippen LogP contribution in [0.25, 0.3) is 0 Å². The highest BCUT2D eigenvalue weighted by Crippen LogP contribution is 2.04. The molecular formula is C21H30N4. The van der Waals surface area contributed by atoms with E-state index in [0.29, 0.717) is 0 Å². The summed E-state index contributed by atoms with van der Waals surface area (Å²) in [5.41, 5.74) is 10.1. The highest BCUT2D eigenvalue weighted by molar-refractivity contribution is 5.94. The standard InChI is InChI=1S/C21H30N4/c1-17-5-7-18(8-6-17)15-24-13-3-2-4-14-25-16-19-9-11-20(12-10-19)21(22)23/h5-12,24-25H,2-4,13-16H2,1H3,(H3,22,23). The van der Waals surface area contributed by atoms with Crippen molar-refractivity contribution in [3.8, 4) is 0 Å². The van der Waals surface area contributed by atoms with Gasteiger partial charge >= 0.3 is 0 Å². The van der Waals surface area contributed by atoms with Gasteiger partial charge in [-0.25, -0.2) is 0 Å². The van der Waals surface area contributed by atoms with Crippen LogP contribution in [0.15, 0.2) is 48.5 Å². The average molecular weight is 338 g/mol. The van der Waals surface area contributed by atoms with E-state index in [1.165, 1.54) is 36.0 Å². The van der Waals surface area contributed by atoms with E-state index < -0.39 is 0 Å². The normalized spacial score (nSPS) is 10.8. The Hall–Kier alpha value is -2.17. The Morgan fingerprint density at radius 1 is 0.800 bits per heavy atom. The molecule has 25 heavy (non-hydrogen) atoms. The lowest BCUT2D eigenvalue weighted by Crippen LogP contribution is -2.17. The molecule has 4 heteroatoms. The third-order valence-corrected chi connectivity index (χ3v) is 4.25. The maximum absolute atomic E-state index is 7.38. The van der Waals surface area contributed by atoms with E-state index >= 15 is 0 Å². The molecule has 2 aromatic carbocycles. The van der Waals surface area contributed by atoms with Crippen molar-refractivity contribution in [2.75, 3.05) is 13.1 Å². The fourth-order valence-corrected chi connectivity index (χ4v) is 2.65. The third kappa shape index (κ3) is 7.50. The average Bonchev–Trinajstić information content (AvgIpc) is 2.62. The predicted octanol–water partition coefficient (Wildman–Crippen LogP) is 3.33. The summed E-state index contributed by atoms with van der Waals surface area (Å²) in [7, 11) is 0. The second kappa shape index (κ2) is 10.6. The van der Waals surface area contributed by atoms with Gasteiger partial charge in [0.1, 0.15) is 5.84 Å². The Morgan fingerprint density at radius 2 is 1.28 bits per heavy atom. The van der Waals surface area contributed by atoms with Crippen LogP contribution in [-0.2, 0) is 13.1 Å². The number of nitrogens with one attached hydrogen (secondary N) is 3. The van der Waals surface area contributed by atoms with Gasteiger partial charge in [-0.3, -0.25) is 5.41 Å². The first-order chi connectivity index (χ1) is 12.1. The van der Waals surface area contributed by atoms with Crippen LogP contribution < -0.4 is 16.4 Å². The van der Waals surface area contributed by atoms with Gasteiger partial charge in [0.05, 0.1) is 0 Å². The van der Waals surface area contributed by atoms with Crippen molar-refractivity contribution in [2.24, 2.45) is 5.73 Å². The number of hydrogen-bond donors (Lipinski definition) is 4. The number of nitrogens with two attached hydrogens (primary N) is 1. The molecule has 134 valence electrons. The smallest absolute Gasteiger partial charge is 0.122 e. The molecule has 0 spiro atoms. The van der Waals surface area contributed by atoms with Gasteiger partial charge < -0.3 is 16.4 Å². The summed E-state index contributed by atoms with van der Waals surface area (Å²) in [5.74, 6) is 0.121. The summed E-state index contributed by atoms with van der Waals surface area (Å²) in [6, 6.07) is 16.6. The Morgan fingerprint density at radius 3 is 1.76 bits per heavy atom. The van der Waals surface area contributed by atoms with Gasteiger partial charge in [0.15, 0.2) is 0 Å². The predicted molar refractivity (Wildman–Crippen MR) is 106 cm³/mol. The molecule has 0 bridgehead atoms. The van der Waals surface area contributed by atoms with E-state index in [-0.39, 0.29) is 5.84 Å². The van der Waals surface area contributed by atoms with Gasteiger partial charge in [-0.05, 0) is 44.0 Å². The van der Waals surface area contributed by atoms with Crippen LogP contribution in [0.1, 0.15) is 41.5 Å². The Balaban J connectivity index is 1.46. The zero-order valence-electron chi connectivity index (χ0n) is 15.1. The molecule has 0 amide bonds. The molecular weight excluding hydrogens is 308 g/mol. The van der Waals surface area contributed by atoms with E-state index in [1.807, 2.05) is 24.3 Å². The molecule has 0 fully saturated rings. The summed E-state index contributed by atoms with van der Waals surface area (Å²) < 4.78 is 0. The summed E-state index contributed by atoms with van der Waals surface area (Å²) in [6.07, 6.45) is 3.63. The summed E-state index contributed by atoms with van der Waals surface area (Å²) >= 11 is 0. The Bertz CT molecular complexity index is 632. The first kappa shape index (κ1) is 19.2. The Kier molecular flexibility index (Phi) is 8.16. The van der Waals surface area contributed by atoms with Crippen molar-refractivity contribution in [3.63, 3.8) is 0 Å². The third-order valence-electron chi connectivity index (χ3n) is 4.25. The van der Waals surface area contributed by atoms with Crippen LogP contribution in [0, 0.1) is 12.3 Å². The molecule has 0 saturated carbocycles. The van der Waals surface area contributed by atoms with Crippen molar-refractivity contribution in [1.29, 1.82) is 5.41 Å². The molecule has 0 unspecified atom stereocenters. The van der Waals surface area contributed by atoms with Gasteiger partial charge in [0.25, 0.3) is 0 Å². The van der Waals surface area contributed by atoms with E-state index in [9.17, 15) is 0 Å². The maximum atomic E-state index is 7.38.